The van der Waals surface area contributed by atoms with Crippen LogP contribution in [0.2, 0.25) is 0 Å². The number of pyridine rings is 1. The second-order valence-corrected chi connectivity index (χ2v) is 3.30. The van der Waals surface area contributed by atoms with E-state index in [9.17, 15) is 0 Å². The van der Waals surface area contributed by atoms with Gasteiger partial charge in [-0.3, -0.25) is 0 Å². The smallest absolute Gasteiger partial charge is 0.216 e. The van der Waals surface area contributed by atoms with Gasteiger partial charge in [0.15, 0.2) is 0 Å². The van der Waals surface area contributed by atoms with Crippen LogP contribution in [0.15, 0.2) is 18.3 Å². The minimum absolute atomic E-state index is 0.429. The summed E-state index contributed by atoms with van der Waals surface area (Å²) in [7, 11) is 0. The monoisotopic (exact) mass is 193 g/mol. The molecule has 78 valence electrons. The van der Waals surface area contributed by atoms with Crippen LogP contribution in [0.1, 0.15) is 38.7 Å². The van der Waals surface area contributed by atoms with Crippen molar-refractivity contribution in [2.75, 3.05) is 0 Å². The van der Waals surface area contributed by atoms with Crippen LogP contribution in [0.3, 0.4) is 0 Å². The van der Waals surface area contributed by atoms with Gasteiger partial charge in [0.05, 0.1) is 0 Å². The number of aromatic nitrogens is 1. The Balaban J connectivity index is 0.000000461. The molecule has 14 heavy (non-hydrogen) atoms. The summed E-state index contributed by atoms with van der Waals surface area (Å²) in [4.78, 5) is 4.18. The summed E-state index contributed by atoms with van der Waals surface area (Å²) >= 11 is 0. The van der Waals surface area contributed by atoms with Crippen LogP contribution in [0, 0.1) is 6.92 Å². The van der Waals surface area contributed by atoms with E-state index < -0.39 is 0 Å². The summed E-state index contributed by atoms with van der Waals surface area (Å²) in [6, 6.07) is 3.96. The number of aryl methyl sites for hydroxylation is 1. The minimum atomic E-state index is 0.429. The molecule has 1 fully saturated rings. The van der Waals surface area contributed by atoms with Crippen molar-refractivity contribution in [2.45, 2.75) is 46.1 Å². The van der Waals surface area contributed by atoms with Crippen LogP contribution in [-0.2, 0) is 0 Å². The van der Waals surface area contributed by atoms with Crippen LogP contribution in [0.4, 0.5) is 0 Å². The lowest BCUT2D eigenvalue weighted by Crippen LogP contribution is -2.25. The molecular formula is C12H19NO. The maximum atomic E-state index is 5.67. The molecule has 0 radical (unpaired) electrons. The van der Waals surface area contributed by atoms with Gasteiger partial charge in [0, 0.05) is 11.8 Å². The molecule has 1 heterocycles. The normalized spacial score (nSPS) is 15.1. The summed E-state index contributed by atoms with van der Waals surface area (Å²) in [6.45, 7) is 6.03. The van der Waals surface area contributed by atoms with E-state index in [1.165, 1.54) is 19.3 Å². The molecular weight excluding hydrogens is 174 g/mol. The summed E-state index contributed by atoms with van der Waals surface area (Å²) in [5.41, 5.74) is 1.13. The van der Waals surface area contributed by atoms with Crippen molar-refractivity contribution in [3.63, 3.8) is 0 Å². The van der Waals surface area contributed by atoms with Crippen molar-refractivity contribution >= 4 is 0 Å². The number of hydrogen-bond acceptors (Lipinski definition) is 2. The molecule has 0 saturated heterocycles. The Labute approximate surface area is 86.3 Å². The van der Waals surface area contributed by atoms with Gasteiger partial charge in [-0.15, -0.1) is 0 Å². The zero-order valence-electron chi connectivity index (χ0n) is 9.29. The summed E-state index contributed by atoms with van der Waals surface area (Å²) in [5, 5.41) is 0. The van der Waals surface area contributed by atoms with Crippen LogP contribution in [0.5, 0.6) is 5.88 Å². The maximum absolute atomic E-state index is 5.67. The first kappa shape index (κ1) is 11.0. The van der Waals surface area contributed by atoms with Crippen molar-refractivity contribution in [2.24, 2.45) is 0 Å². The minimum Gasteiger partial charge on any atom is -0.474 e. The fourth-order valence-electron chi connectivity index (χ4n) is 1.24. The van der Waals surface area contributed by atoms with Gasteiger partial charge in [-0.05, 0) is 32.3 Å². The van der Waals surface area contributed by atoms with Gasteiger partial charge in [0.25, 0.3) is 0 Å². The first-order valence-corrected chi connectivity index (χ1v) is 5.44. The highest BCUT2D eigenvalue weighted by Gasteiger charge is 2.19. The van der Waals surface area contributed by atoms with Crippen molar-refractivity contribution in [1.29, 1.82) is 0 Å². The quantitative estimate of drug-likeness (QED) is 0.718. The second-order valence-electron chi connectivity index (χ2n) is 3.30. The molecule has 0 aliphatic heterocycles. The third-order valence-corrected chi connectivity index (χ3v) is 2.29. The van der Waals surface area contributed by atoms with E-state index in [4.69, 9.17) is 4.74 Å². The van der Waals surface area contributed by atoms with Gasteiger partial charge in [-0.2, -0.15) is 0 Å². The fraction of sp³-hybridized carbons (Fsp3) is 0.583. The van der Waals surface area contributed by atoms with E-state index in [0.29, 0.717) is 6.10 Å². The first-order valence-electron chi connectivity index (χ1n) is 5.44. The molecule has 2 rings (SSSR count). The first-order chi connectivity index (χ1) is 6.86. The Kier molecular flexibility index (Phi) is 4.44. The molecule has 0 spiro atoms. The van der Waals surface area contributed by atoms with Crippen molar-refractivity contribution in [1.82, 2.24) is 4.98 Å². The molecule has 0 aromatic carbocycles. The fourth-order valence-corrected chi connectivity index (χ4v) is 1.24. The highest BCUT2D eigenvalue weighted by atomic mass is 16.5. The lowest BCUT2D eigenvalue weighted by molar-refractivity contribution is 0.113. The number of nitrogens with zero attached hydrogens (tertiary/aromatic N) is 1. The van der Waals surface area contributed by atoms with Crippen LogP contribution in [-0.4, -0.2) is 11.1 Å². The molecule has 2 nitrogen and oxygen atoms in total. The Bertz CT molecular complexity index is 269. The third-order valence-electron chi connectivity index (χ3n) is 2.29. The molecule has 1 aromatic rings. The van der Waals surface area contributed by atoms with E-state index in [1.807, 2.05) is 32.9 Å². The number of rotatable bonds is 2. The maximum Gasteiger partial charge on any atom is 0.216 e. The molecule has 2 heteroatoms. The van der Waals surface area contributed by atoms with Gasteiger partial charge < -0.3 is 4.74 Å². The van der Waals surface area contributed by atoms with Crippen molar-refractivity contribution in [3.8, 4) is 5.88 Å². The Hall–Kier alpha value is -1.05. The largest absolute Gasteiger partial charge is 0.474 e. The van der Waals surface area contributed by atoms with Gasteiger partial charge in [0.2, 0.25) is 5.88 Å². The van der Waals surface area contributed by atoms with Gasteiger partial charge >= 0.3 is 0 Å². The number of ether oxygens (including phenoxy) is 1. The molecule has 0 amide bonds. The zero-order valence-corrected chi connectivity index (χ0v) is 9.29. The lowest BCUT2D eigenvalue weighted by Gasteiger charge is -2.26. The Morgan fingerprint density at radius 2 is 2.07 bits per heavy atom. The predicted molar refractivity (Wildman–Crippen MR) is 58.6 cm³/mol. The number of hydrogen-bond donors (Lipinski definition) is 0. The molecule has 1 aliphatic rings. The molecule has 0 unspecified atom stereocenters. The van der Waals surface area contributed by atoms with Crippen LogP contribution >= 0.6 is 0 Å². The molecule has 1 saturated carbocycles. The van der Waals surface area contributed by atoms with Crippen LogP contribution < -0.4 is 4.74 Å². The molecule has 0 bridgehead atoms. The highest BCUT2D eigenvalue weighted by Crippen LogP contribution is 2.25. The Morgan fingerprint density at radius 3 is 2.57 bits per heavy atom. The SMILES string of the molecule is CC.Cc1cccnc1OC1CCC1. The van der Waals surface area contributed by atoms with Gasteiger partial charge in [0.1, 0.15) is 6.10 Å². The molecule has 1 aliphatic carbocycles. The van der Waals surface area contributed by atoms with E-state index in [-0.39, 0.29) is 0 Å². The van der Waals surface area contributed by atoms with Crippen molar-refractivity contribution < 1.29 is 4.74 Å². The van der Waals surface area contributed by atoms with E-state index in [1.54, 1.807) is 6.20 Å². The van der Waals surface area contributed by atoms with E-state index in [2.05, 4.69) is 4.98 Å². The van der Waals surface area contributed by atoms with Crippen LogP contribution in [0.25, 0.3) is 0 Å². The highest BCUT2D eigenvalue weighted by molar-refractivity contribution is 5.23. The summed E-state index contributed by atoms with van der Waals surface area (Å²) < 4.78 is 5.67. The van der Waals surface area contributed by atoms with Crippen molar-refractivity contribution in [3.05, 3.63) is 23.9 Å². The summed E-state index contributed by atoms with van der Waals surface area (Å²) in [6.07, 6.45) is 5.89. The second kappa shape index (κ2) is 5.63. The standard InChI is InChI=1S/C10H13NO.C2H6/c1-8-4-3-7-11-10(8)12-9-5-2-6-9;1-2/h3-4,7,9H,2,5-6H2,1H3;1-2H3. The average molecular weight is 193 g/mol. The predicted octanol–water partition coefficient (Wildman–Crippen LogP) is 3.35. The van der Waals surface area contributed by atoms with E-state index >= 15 is 0 Å². The zero-order chi connectivity index (χ0) is 10.4. The third kappa shape index (κ3) is 2.72. The molecule has 1 aromatic heterocycles. The molecule has 0 N–H and O–H groups in total. The van der Waals surface area contributed by atoms with Gasteiger partial charge in [-0.1, -0.05) is 19.9 Å². The van der Waals surface area contributed by atoms with E-state index in [0.717, 1.165) is 11.4 Å². The molecule has 0 atom stereocenters. The lowest BCUT2D eigenvalue weighted by atomic mass is 9.96. The van der Waals surface area contributed by atoms with Gasteiger partial charge in [-0.25, -0.2) is 4.98 Å². The Morgan fingerprint density at radius 1 is 1.36 bits per heavy atom. The summed E-state index contributed by atoms with van der Waals surface area (Å²) in [5.74, 6) is 0.808. The average Bonchev–Trinajstić information content (AvgIpc) is 2.17. The topological polar surface area (TPSA) is 22.1 Å².